The first kappa shape index (κ1) is 27.8. The Labute approximate surface area is 231 Å². The van der Waals surface area contributed by atoms with Gasteiger partial charge >= 0.3 is 12.2 Å². The number of nitrogens with zero attached hydrogens (tertiary/aromatic N) is 3. The van der Waals surface area contributed by atoms with E-state index in [1.54, 1.807) is 11.0 Å². The van der Waals surface area contributed by atoms with Crippen LogP contribution in [0.15, 0.2) is 42.5 Å². The van der Waals surface area contributed by atoms with E-state index in [1.165, 1.54) is 12.1 Å². The molecule has 2 aromatic rings. The predicted octanol–water partition coefficient (Wildman–Crippen LogP) is 5.42. The number of carbonyl (C=O) groups excluding carboxylic acids is 3. The van der Waals surface area contributed by atoms with E-state index in [0.29, 0.717) is 56.9 Å². The first-order valence-electron chi connectivity index (χ1n) is 13.9. The summed E-state index contributed by atoms with van der Waals surface area (Å²) >= 11 is 0. The van der Waals surface area contributed by atoms with Gasteiger partial charge < -0.3 is 25.3 Å². The number of hydrogen-bond donors (Lipinski definition) is 2. The smallest absolute Gasteiger partial charge is 0.369 e. The van der Waals surface area contributed by atoms with Crippen LogP contribution in [0.3, 0.4) is 0 Å². The van der Waals surface area contributed by atoms with E-state index in [2.05, 4.69) is 15.5 Å². The highest BCUT2D eigenvalue weighted by Crippen LogP contribution is 2.33. The van der Waals surface area contributed by atoms with Crippen molar-refractivity contribution < 1.29 is 27.6 Å². The van der Waals surface area contributed by atoms with Crippen molar-refractivity contribution in [1.29, 1.82) is 0 Å². The number of nitrogens with one attached hydrogen (secondary N) is 2. The molecule has 11 heteroatoms. The lowest BCUT2D eigenvalue weighted by atomic mass is 10.1. The van der Waals surface area contributed by atoms with Crippen LogP contribution in [0.5, 0.6) is 0 Å². The van der Waals surface area contributed by atoms with Gasteiger partial charge in [-0.2, -0.15) is 13.2 Å². The Hall–Kier alpha value is -3.76. The number of halogens is 3. The Morgan fingerprint density at radius 3 is 2.20 bits per heavy atom. The van der Waals surface area contributed by atoms with Crippen molar-refractivity contribution in [3.63, 3.8) is 0 Å². The van der Waals surface area contributed by atoms with Crippen molar-refractivity contribution in [2.75, 3.05) is 54.8 Å². The Morgan fingerprint density at radius 2 is 1.48 bits per heavy atom. The molecule has 0 aromatic heterocycles. The minimum Gasteiger partial charge on any atom is -0.369 e. The van der Waals surface area contributed by atoms with E-state index < -0.39 is 17.8 Å². The van der Waals surface area contributed by atoms with Gasteiger partial charge in [0.15, 0.2) is 0 Å². The molecule has 0 unspecified atom stereocenters. The molecule has 0 bridgehead atoms. The van der Waals surface area contributed by atoms with Gasteiger partial charge in [0, 0.05) is 62.2 Å². The van der Waals surface area contributed by atoms with Crippen LogP contribution in [0, 0.1) is 5.92 Å². The number of rotatable bonds is 5. The molecule has 1 saturated carbocycles. The molecule has 2 heterocycles. The van der Waals surface area contributed by atoms with Gasteiger partial charge in [-0.15, -0.1) is 0 Å². The Morgan fingerprint density at radius 1 is 0.750 bits per heavy atom. The monoisotopic (exact) mass is 557 g/mol. The Kier molecular flexibility index (Phi) is 8.18. The van der Waals surface area contributed by atoms with Crippen molar-refractivity contribution in [3.05, 3.63) is 53.6 Å². The van der Waals surface area contributed by atoms with Crippen LogP contribution in [-0.2, 0) is 11.0 Å². The molecule has 4 amide bonds. The average molecular weight is 558 g/mol. The van der Waals surface area contributed by atoms with E-state index in [9.17, 15) is 27.6 Å². The highest BCUT2D eigenvalue weighted by molar-refractivity contribution is 6.02. The summed E-state index contributed by atoms with van der Waals surface area (Å²) < 4.78 is 39.2. The Bertz CT molecular complexity index is 1260. The maximum absolute atomic E-state index is 13.6. The second-order valence-electron chi connectivity index (χ2n) is 10.7. The van der Waals surface area contributed by atoms with Crippen molar-refractivity contribution in [3.8, 4) is 0 Å². The molecule has 40 heavy (non-hydrogen) atoms. The van der Waals surface area contributed by atoms with Gasteiger partial charge in [-0.25, -0.2) is 4.79 Å². The number of piperidine rings is 1. The van der Waals surface area contributed by atoms with Gasteiger partial charge in [-0.1, -0.05) is 6.07 Å². The third kappa shape index (κ3) is 6.68. The van der Waals surface area contributed by atoms with E-state index in [4.69, 9.17) is 0 Å². The molecular weight excluding hydrogens is 523 g/mol. The van der Waals surface area contributed by atoms with Gasteiger partial charge in [-0.05, 0) is 74.9 Å². The van der Waals surface area contributed by atoms with Crippen LogP contribution >= 0.6 is 0 Å². The topological polar surface area (TPSA) is 85.0 Å². The second kappa shape index (κ2) is 11.8. The van der Waals surface area contributed by atoms with Crippen LogP contribution in [-0.4, -0.2) is 66.9 Å². The van der Waals surface area contributed by atoms with Crippen LogP contribution in [0.1, 0.15) is 54.4 Å². The molecule has 1 aliphatic carbocycles. The number of anilines is 3. The summed E-state index contributed by atoms with van der Waals surface area (Å²) in [7, 11) is 0. The van der Waals surface area contributed by atoms with E-state index in [1.807, 2.05) is 17.0 Å². The summed E-state index contributed by atoms with van der Waals surface area (Å²) in [6.07, 6.45) is 0.900. The Balaban J connectivity index is 1.30. The van der Waals surface area contributed by atoms with E-state index in [0.717, 1.165) is 49.9 Å². The lowest BCUT2D eigenvalue weighted by Crippen LogP contribution is -2.39. The average Bonchev–Trinajstić information content (AvgIpc) is 3.81. The van der Waals surface area contributed by atoms with Crippen LogP contribution < -0.4 is 15.5 Å². The third-order valence-electron chi connectivity index (χ3n) is 7.65. The number of amides is 4. The SMILES string of the molecule is O=C(Nc1ccc(N2CCCN(C(=O)Nc3cccc(C(F)(F)F)c3)CC2)c(C(=O)N2CCCCC2)c1)C1CC1. The zero-order chi connectivity index (χ0) is 28.3. The molecule has 3 fully saturated rings. The number of likely N-dealkylation sites (tertiary alicyclic amines) is 1. The normalized spacial score (nSPS) is 18.2. The number of hydrogen-bond acceptors (Lipinski definition) is 4. The minimum atomic E-state index is -4.50. The fraction of sp³-hybridized carbons (Fsp3) is 0.483. The molecule has 0 atom stereocenters. The molecular formula is C29H34F3N5O3. The van der Waals surface area contributed by atoms with Gasteiger partial charge in [0.1, 0.15) is 0 Å². The minimum absolute atomic E-state index is 0.0266. The summed E-state index contributed by atoms with van der Waals surface area (Å²) in [5, 5.41) is 5.53. The number of benzene rings is 2. The highest BCUT2D eigenvalue weighted by atomic mass is 19.4. The molecule has 8 nitrogen and oxygen atoms in total. The van der Waals surface area contributed by atoms with Crippen molar-refractivity contribution in [2.45, 2.75) is 44.7 Å². The highest BCUT2D eigenvalue weighted by Gasteiger charge is 2.32. The van der Waals surface area contributed by atoms with Gasteiger partial charge in [0.05, 0.1) is 11.1 Å². The van der Waals surface area contributed by atoms with Gasteiger partial charge in [-0.3, -0.25) is 9.59 Å². The quantitative estimate of drug-likeness (QED) is 0.514. The molecule has 2 N–H and O–H groups in total. The summed E-state index contributed by atoms with van der Waals surface area (Å²) in [5.41, 5.74) is 1.13. The first-order valence-corrected chi connectivity index (χ1v) is 13.9. The van der Waals surface area contributed by atoms with E-state index >= 15 is 0 Å². The van der Waals surface area contributed by atoms with E-state index in [-0.39, 0.29) is 23.4 Å². The zero-order valence-electron chi connectivity index (χ0n) is 22.3. The van der Waals surface area contributed by atoms with Crippen molar-refractivity contribution >= 4 is 34.9 Å². The summed E-state index contributed by atoms with van der Waals surface area (Å²) in [5.74, 6) is -0.0541. The fourth-order valence-corrected chi connectivity index (χ4v) is 5.26. The molecule has 2 saturated heterocycles. The predicted molar refractivity (Wildman–Crippen MR) is 146 cm³/mol. The second-order valence-corrected chi connectivity index (χ2v) is 10.7. The van der Waals surface area contributed by atoms with Crippen molar-refractivity contribution in [1.82, 2.24) is 9.80 Å². The summed E-state index contributed by atoms with van der Waals surface area (Å²) in [6.45, 7) is 3.20. The summed E-state index contributed by atoms with van der Waals surface area (Å²) in [6, 6.07) is 9.54. The lowest BCUT2D eigenvalue weighted by molar-refractivity contribution is -0.137. The maximum atomic E-state index is 13.6. The van der Waals surface area contributed by atoms with Crippen LogP contribution in [0.2, 0.25) is 0 Å². The van der Waals surface area contributed by atoms with Gasteiger partial charge in [0.25, 0.3) is 5.91 Å². The molecule has 0 radical (unpaired) electrons. The largest absolute Gasteiger partial charge is 0.416 e. The maximum Gasteiger partial charge on any atom is 0.416 e. The fourth-order valence-electron chi connectivity index (χ4n) is 5.26. The molecule has 5 rings (SSSR count). The standard InChI is InChI=1S/C29H34F3N5O3/c30-29(31,32)21-6-4-7-22(18-21)34-28(40)37-15-5-14-35(16-17-37)25-11-10-23(33-26(38)20-8-9-20)19-24(25)27(39)36-12-2-1-3-13-36/h4,6-7,10-11,18-20H,1-3,5,8-9,12-17H2,(H,33,38)(H,34,40). The van der Waals surface area contributed by atoms with Crippen LogP contribution in [0.4, 0.5) is 35.0 Å². The first-order chi connectivity index (χ1) is 19.2. The zero-order valence-corrected chi connectivity index (χ0v) is 22.3. The third-order valence-corrected chi connectivity index (χ3v) is 7.65. The molecule has 3 aliphatic rings. The molecule has 214 valence electrons. The molecule has 2 aromatic carbocycles. The van der Waals surface area contributed by atoms with Crippen LogP contribution in [0.25, 0.3) is 0 Å². The number of carbonyl (C=O) groups is 3. The number of urea groups is 1. The van der Waals surface area contributed by atoms with Crippen molar-refractivity contribution in [2.24, 2.45) is 5.92 Å². The van der Waals surface area contributed by atoms with Gasteiger partial charge in [0.2, 0.25) is 5.91 Å². The molecule has 2 aliphatic heterocycles. The summed E-state index contributed by atoms with van der Waals surface area (Å²) in [4.78, 5) is 44.5. The molecule has 0 spiro atoms. The lowest BCUT2D eigenvalue weighted by Gasteiger charge is -2.30. The number of alkyl halides is 3.